The highest BCUT2D eigenvalue weighted by molar-refractivity contribution is 5.26. The lowest BCUT2D eigenvalue weighted by Crippen LogP contribution is -2.57. The van der Waals surface area contributed by atoms with E-state index in [9.17, 15) is 39.5 Å². The zero-order chi connectivity index (χ0) is 13.2. The quantitative estimate of drug-likeness (QED) is 0.718. The molecule has 0 aliphatic heterocycles. The maximum Gasteiger partial charge on any atom is 0.382 e. The summed E-state index contributed by atoms with van der Waals surface area (Å²) in [5, 5.41) is 7.96. The zero-order valence-electron chi connectivity index (χ0n) is 7.06. The molecule has 1 aliphatic carbocycles. The highest BCUT2D eigenvalue weighted by atomic mass is 19.4. The van der Waals surface area contributed by atoms with E-state index in [1.807, 2.05) is 0 Å². The molecule has 0 atom stereocenters. The lowest BCUT2D eigenvalue weighted by atomic mass is 9.98. The van der Waals surface area contributed by atoms with Gasteiger partial charge >= 0.3 is 23.7 Å². The zero-order valence-corrected chi connectivity index (χ0v) is 7.06. The van der Waals surface area contributed by atoms with Crippen LogP contribution in [0.15, 0.2) is 0 Å². The Morgan fingerprint density at radius 1 is 0.562 bits per heavy atom. The van der Waals surface area contributed by atoms with Crippen molar-refractivity contribution in [1.82, 2.24) is 0 Å². The van der Waals surface area contributed by atoms with Gasteiger partial charge in [-0.2, -0.15) is 35.1 Å². The van der Waals surface area contributed by atoms with Crippen molar-refractivity contribution in [3.8, 4) is 0 Å². The number of aliphatic hydroxyl groups excluding tert-OH is 1. The maximum atomic E-state index is 12.9. The fourth-order valence-corrected chi connectivity index (χ4v) is 1.29. The van der Waals surface area contributed by atoms with Crippen molar-refractivity contribution in [2.45, 2.75) is 29.4 Å². The minimum atomic E-state index is -6.60. The molecule has 1 nitrogen and oxygen atoms in total. The third kappa shape index (κ3) is 0.905. The SMILES string of the molecule is OCC1(F)C(F)(F)C(F)(F)C(F)(F)C1(F)F. The first-order chi connectivity index (χ1) is 6.81. The Bertz CT molecular complexity index is 283. The van der Waals surface area contributed by atoms with Gasteiger partial charge in [0.25, 0.3) is 5.67 Å². The van der Waals surface area contributed by atoms with Gasteiger partial charge in [0.15, 0.2) is 0 Å². The van der Waals surface area contributed by atoms with Crippen molar-refractivity contribution < 1.29 is 44.6 Å². The summed E-state index contributed by atoms with van der Waals surface area (Å²) >= 11 is 0. The number of aliphatic hydroxyl groups is 1. The van der Waals surface area contributed by atoms with Crippen LogP contribution in [0.5, 0.6) is 0 Å². The second-order valence-electron chi connectivity index (χ2n) is 3.26. The molecule has 0 spiro atoms. The molecule has 1 rings (SSSR count). The van der Waals surface area contributed by atoms with E-state index in [2.05, 4.69) is 0 Å². The van der Waals surface area contributed by atoms with Crippen molar-refractivity contribution >= 4 is 0 Å². The van der Waals surface area contributed by atoms with Crippen LogP contribution in [0.3, 0.4) is 0 Å². The second kappa shape index (κ2) is 2.77. The topological polar surface area (TPSA) is 20.2 Å². The first-order valence-corrected chi connectivity index (χ1v) is 3.62. The normalized spacial score (nSPS) is 32.6. The van der Waals surface area contributed by atoms with Gasteiger partial charge in [-0.15, -0.1) is 0 Å². The second-order valence-corrected chi connectivity index (χ2v) is 3.26. The van der Waals surface area contributed by atoms with Crippen LogP contribution in [-0.2, 0) is 0 Å². The Labute approximate surface area is 81.8 Å². The summed E-state index contributed by atoms with van der Waals surface area (Å²) in [6.07, 6.45) is 0. The third-order valence-electron chi connectivity index (χ3n) is 2.40. The highest BCUT2D eigenvalue weighted by Gasteiger charge is 3.00. The van der Waals surface area contributed by atoms with Gasteiger partial charge < -0.3 is 5.11 Å². The van der Waals surface area contributed by atoms with Crippen LogP contribution in [0.2, 0.25) is 0 Å². The van der Waals surface area contributed by atoms with Crippen LogP contribution in [0.25, 0.3) is 0 Å². The van der Waals surface area contributed by atoms with E-state index in [0.29, 0.717) is 0 Å². The highest BCUT2D eigenvalue weighted by Crippen LogP contribution is 2.68. The van der Waals surface area contributed by atoms with E-state index in [4.69, 9.17) is 5.11 Å². The van der Waals surface area contributed by atoms with E-state index in [-0.39, 0.29) is 0 Å². The van der Waals surface area contributed by atoms with E-state index >= 15 is 0 Å². The Morgan fingerprint density at radius 2 is 0.812 bits per heavy atom. The Morgan fingerprint density at radius 3 is 0.938 bits per heavy atom. The molecule has 0 radical (unpaired) electrons. The number of halogens is 9. The minimum Gasteiger partial charge on any atom is -0.393 e. The Kier molecular flexibility index (Phi) is 2.32. The van der Waals surface area contributed by atoms with Crippen LogP contribution in [-0.4, -0.2) is 41.1 Å². The number of hydrogen-bond acceptors (Lipinski definition) is 1. The Hall–Kier alpha value is -0.670. The van der Waals surface area contributed by atoms with Crippen LogP contribution in [0.4, 0.5) is 39.5 Å². The molecule has 1 saturated carbocycles. The van der Waals surface area contributed by atoms with Gasteiger partial charge in [-0.3, -0.25) is 0 Å². The average molecular weight is 262 g/mol. The van der Waals surface area contributed by atoms with Crippen LogP contribution >= 0.6 is 0 Å². The molecule has 0 unspecified atom stereocenters. The molecular weight excluding hydrogens is 259 g/mol. The van der Waals surface area contributed by atoms with Gasteiger partial charge in [0.05, 0.1) is 6.61 Å². The molecule has 10 heteroatoms. The lowest BCUT2D eigenvalue weighted by molar-refractivity contribution is -0.303. The predicted molar refractivity (Wildman–Crippen MR) is 30.7 cm³/mol. The average Bonchev–Trinajstić information content (AvgIpc) is 2.18. The van der Waals surface area contributed by atoms with Crippen molar-refractivity contribution in [3.05, 3.63) is 0 Å². The van der Waals surface area contributed by atoms with Gasteiger partial charge in [-0.05, 0) is 0 Å². The summed E-state index contributed by atoms with van der Waals surface area (Å²) in [6.45, 7) is -2.86. The lowest BCUT2D eigenvalue weighted by Gasteiger charge is -2.28. The summed E-state index contributed by atoms with van der Waals surface area (Å²) < 4.78 is 112. The van der Waals surface area contributed by atoms with Crippen LogP contribution < -0.4 is 0 Å². The van der Waals surface area contributed by atoms with Gasteiger partial charge in [0.1, 0.15) is 0 Å². The first-order valence-electron chi connectivity index (χ1n) is 3.62. The van der Waals surface area contributed by atoms with Crippen molar-refractivity contribution in [2.75, 3.05) is 6.61 Å². The van der Waals surface area contributed by atoms with E-state index < -0.39 is 36.0 Å². The maximum absolute atomic E-state index is 12.9. The molecule has 0 saturated heterocycles. The summed E-state index contributed by atoms with van der Waals surface area (Å²) in [7, 11) is 0. The van der Waals surface area contributed by atoms with Gasteiger partial charge in [0, 0.05) is 0 Å². The minimum absolute atomic E-state index is 2.86. The molecule has 0 amide bonds. The summed E-state index contributed by atoms with van der Waals surface area (Å²) in [5.41, 5.74) is -5.72. The number of hydrogen-bond donors (Lipinski definition) is 1. The first kappa shape index (κ1) is 13.4. The molecular formula is C6H3F9O. The van der Waals surface area contributed by atoms with Crippen molar-refractivity contribution in [3.63, 3.8) is 0 Å². The van der Waals surface area contributed by atoms with E-state index in [0.717, 1.165) is 0 Å². The fourth-order valence-electron chi connectivity index (χ4n) is 1.29. The molecule has 16 heavy (non-hydrogen) atoms. The number of rotatable bonds is 1. The monoisotopic (exact) mass is 262 g/mol. The fraction of sp³-hybridized carbons (Fsp3) is 1.00. The Balaban J connectivity index is 3.58. The van der Waals surface area contributed by atoms with Gasteiger partial charge in [-0.25, -0.2) is 4.39 Å². The van der Waals surface area contributed by atoms with Gasteiger partial charge in [0.2, 0.25) is 0 Å². The van der Waals surface area contributed by atoms with Gasteiger partial charge in [-0.1, -0.05) is 0 Å². The molecule has 0 aromatic heterocycles. The molecule has 96 valence electrons. The number of alkyl halides is 9. The van der Waals surface area contributed by atoms with E-state index in [1.165, 1.54) is 0 Å². The summed E-state index contributed by atoms with van der Waals surface area (Å²) in [4.78, 5) is 0. The predicted octanol–water partition coefficient (Wildman–Crippen LogP) is 2.24. The van der Waals surface area contributed by atoms with Crippen molar-refractivity contribution in [1.29, 1.82) is 0 Å². The largest absolute Gasteiger partial charge is 0.393 e. The molecule has 0 aromatic rings. The van der Waals surface area contributed by atoms with E-state index in [1.54, 1.807) is 0 Å². The van der Waals surface area contributed by atoms with Crippen LogP contribution in [0.1, 0.15) is 0 Å². The van der Waals surface area contributed by atoms with Crippen molar-refractivity contribution in [2.24, 2.45) is 0 Å². The molecule has 0 bridgehead atoms. The third-order valence-corrected chi connectivity index (χ3v) is 2.40. The molecule has 1 aliphatic rings. The molecule has 0 heterocycles. The van der Waals surface area contributed by atoms with Crippen LogP contribution in [0, 0.1) is 0 Å². The molecule has 1 fully saturated rings. The molecule has 0 aromatic carbocycles. The smallest absolute Gasteiger partial charge is 0.382 e. The summed E-state index contributed by atoms with van der Waals surface area (Å²) in [6, 6.07) is 0. The molecule has 1 N–H and O–H groups in total. The summed E-state index contributed by atoms with van der Waals surface area (Å²) in [5.74, 6) is -26.0. The standard InChI is InChI=1S/C6H3F9O/c7-2(1-16)3(8,9)5(12,13)6(14,15)4(2,10)11/h16H,1H2.